The third-order valence-electron chi connectivity index (χ3n) is 12.9. The first kappa shape index (κ1) is 26.5. The minimum absolute atomic E-state index is 0.0778. The Bertz CT molecular complexity index is 754. The van der Waals surface area contributed by atoms with Crippen LogP contribution in [0.15, 0.2) is 0 Å². The van der Waals surface area contributed by atoms with E-state index in [2.05, 4.69) is 55.4 Å². The van der Waals surface area contributed by atoms with Crippen molar-refractivity contribution in [1.82, 2.24) is 0 Å². The molecule has 2 nitrogen and oxygen atoms in total. The van der Waals surface area contributed by atoms with Gasteiger partial charge in [0.25, 0.3) is 0 Å². The molecular weight excluding hydrogens is 416 g/mol. The number of carbonyl (C=O) groups excluding carboxylic acids is 1. The average molecular weight is 473 g/mol. The molecule has 2 heteroatoms. The Labute approximate surface area is 211 Å². The van der Waals surface area contributed by atoms with Crippen LogP contribution < -0.4 is 0 Å². The van der Waals surface area contributed by atoms with E-state index in [4.69, 9.17) is 4.74 Å². The van der Waals surface area contributed by atoms with E-state index >= 15 is 0 Å². The molecule has 0 aromatic heterocycles. The van der Waals surface area contributed by atoms with Crippen molar-refractivity contribution in [3.05, 3.63) is 0 Å². The third kappa shape index (κ3) is 4.00. The molecule has 0 N–H and O–H groups in total. The molecule has 0 saturated heterocycles. The topological polar surface area (TPSA) is 26.3 Å². The van der Waals surface area contributed by atoms with Gasteiger partial charge in [-0.05, 0) is 103 Å². The van der Waals surface area contributed by atoms with Gasteiger partial charge in [-0.25, -0.2) is 0 Å². The van der Waals surface area contributed by atoms with E-state index in [1.54, 1.807) is 6.92 Å². The van der Waals surface area contributed by atoms with Crippen molar-refractivity contribution in [2.45, 2.75) is 139 Å². The van der Waals surface area contributed by atoms with Crippen molar-refractivity contribution in [3.8, 4) is 0 Å². The normalized spacial score (nSPS) is 46.4. The summed E-state index contributed by atoms with van der Waals surface area (Å²) in [7, 11) is 0. The van der Waals surface area contributed by atoms with Gasteiger partial charge < -0.3 is 4.74 Å². The lowest BCUT2D eigenvalue weighted by molar-refractivity contribution is -0.209. The molecule has 4 aliphatic rings. The molecular formula is C32H56O2. The van der Waals surface area contributed by atoms with Crippen LogP contribution in [0, 0.1) is 57.2 Å². The zero-order chi connectivity index (χ0) is 25.1. The molecule has 34 heavy (non-hydrogen) atoms. The molecule has 4 aliphatic carbocycles. The summed E-state index contributed by atoms with van der Waals surface area (Å²) in [5.41, 5.74) is 1.49. The molecule has 9 atom stereocenters. The summed E-state index contributed by atoms with van der Waals surface area (Å²) >= 11 is 0. The highest BCUT2D eigenvalue weighted by Gasteiger charge is 2.67. The molecule has 0 amide bonds. The lowest BCUT2D eigenvalue weighted by atomic mass is 9.38. The SMILES string of the molecule is CC(=O)O[C@H]1CC[C@]2(C)[C@H]3CC[C@]4(C)[C@@H]([C@H](C)CCCC(C)C)CC[C@@]4(C)[C@@H]3CC[C@H]2C1(C)C. The van der Waals surface area contributed by atoms with Crippen molar-refractivity contribution in [2.75, 3.05) is 0 Å². The van der Waals surface area contributed by atoms with Gasteiger partial charge in [0.2, 0.25) is 0 Å². The van der Waals surface area contributed by atoms with Crippen molar-refractivity contribution >= 4 is 5.97 Å². The number of fused-ring (bicyclic) bond motifs is 5. The van der Waals surface area contributed by atoms with Crippen molar-refractivity contribution < 1.29 is 9.53 Å². The van der Waals surface area contributed by atoms with Crippen LogP contribution in [0.1, 0.15) is 133 Å². The minimum Gasteiger partial charge on any atom is -0.462 e. The number of rotatable bonds is 6. The van der Waals surface area contributed by atoms with Crippen LogP contribution in [-0.4, -0.2) is 12.1 Å². The second kappa shape index (κ2) is 9.09. The summed E-state index contributed by atoms with van der Waals surface area (Å²) in [5.74, 6) is 4.90. The second-order valence-electron chi connectivity index (χ2n) is 15.1. The first-order chi connectivity index (χ1) is 15.8. The van der Waals surface area contributed by atoms with Gasteiger partial charge >= 0.3 is 5.97 Å². The van der Waals surface area contributed by atoms with Crippen LogP contribution in [0.5, 0.6) is 0 Å². The monoisotopic (exact) mass is 472 g/mol. The minimum atomic E-state index is -0.101. The van der Waals surface area contributed by atoms with E-state index in [-0.39, 0.29) is 17.5 Å². The highest BCUT2D eigenvalue weighted by atomic mass is 16.5. The molecule has 0 bridgehead atoms. The second-order valence-corrected chi connectivity index (χ2v) is 15.1. The molecule has 0 heterocycles. The summed E-state index contributed by atoms with van der Waals surface area (Å²) in [6, 6.07) is 0. The number of hydrogen-bond donors (Lipinski definition) is 0. The highest BCUT2D eigenvalue weighted by molar-refractivity contribution is 5.66. The molecule has 0 radical (unpaired) electrons. The Kier molecular flexibility index (Phi) is 7.09. The van der Waals surface area contributed by atoms with E-state index in [9.17, 15) is 4.79 Å². The molecule has 0 spiro atoms. The van der Waals surface area contributed by atoms with E-state index in [0.29, 0.717) is 22.2 Å². The quantitative estimate of drug-likeness (QED) is 0.360. The van der Waals surface area contributed by atoms with Gasteiger partial charge in [0.05, 0.1) is 0 Å². The average Bonchev–Trinajstić information content (AvgIpc) is 3.01. The van der Waals surface area contributed by atoms with Crippen LogP contribution >= 0.6 is 0 Å². The first-order valence-corrected chi connectivity index (χ1v) is 14.9. The predicted octanol–water partition coefficient (Wildman–Crippen LogP) is 9.07. The summed E-state index contributed by atoms with van der Waals surface area (Å²) in [5, 5.41) is 0. The summed E-state index contributed by atoms with van der Waals surface area (Å²) in [4.78, 5) is 11.8. The van der Waals surface area contributed by atoms with Crippen LogP contribution in [0.2, 0.25) is 0 Å². The van der Waals surface area contributed by atoms with Crippen LogP contribution in [0.25, 0.3) is 0 Å². The van der Waals surface area contributed by atoms with Gasteiger partial charge in [-0.3, -0.25) is 4.79 Å². The van der Waals surface area contributed by atoms with Gasteiger partial charge in [-0.2, -0.15) is 0 Å². The van der Waals surface area contributed by atoms with Crippen molar-refractivity contribution in [3.63, 3.8) is 0 Å². The van der Waals surface area contributed by atoms with Crippen LogP contribution in [-0.2, 0) is 9.53 Å². The smallest absolute Gasteiger partial charge is 0.302 e. The standard InChI is InChI=1S/C32H56O2/c1-21(2)11-10-12-22(3)24-15-19-32(9)26-13-14-27-29(5,6)28(34-23(4)33)17-18-30(27,7)25(26)16-20-31(24,32)8/h21-22,24-28H,10-20H2,1-9H3/t22-,24-,25+,26-,27+,28+,30-,31-,32+/m1/s1. The molecule has 4 fully saturated rings. The fourth-order valence-electron chi connectivity index (χ4n) is 10.9. The summed E-state index contributed by atoms with van der Waals surface area (Å²) in [6.45, 7) is 21.8. The maximum Gasteiger partial charge on any atom is 0.302 e. The first-order valence-electron chi connectivity index (χ1n) is 14.9. The van der Waals surface area contributed by atoms with Crippen molar-refractivity contribution in [2.24, 2.45) is 57.2 Å². The lowest BCUT2D eigenvalue weighted by Gasteiger charge is -2.67. The fraction of sp³-hybridized carbons (Fsp3) is 0.969. The fourth-order valence-corrected chi connectivity index (χ4v) is 10.9. The zero-order valence-electron chi connectivity index (χ0n) is 24.1. The predicted molar refractivity (Wildman–Crippen MR) is 142 cm³/mol. The Morgan fingerprint density at radius 2 is 1.50 bits per heavy atom. The summed E-state index contributed by atoms with van der Waals surface area (Å²) < 4.78 is 5.89. The molecule has 0 unspecified atom stereocenters. The van der Waals surface area contributed by atoms with E-state index < -0.39 is 0 Å². The largest absolute Gasteiger partial charge is 0.462 e. The van der Waals surface area contributed by atoms with E-state index in [1.807, 2.05) is 0 Å². The lowest BCUT2D eigenvalue weighted by Crippen LogP contribution is -2.62. The molecule has 0 aliphatic heterocycles. The van der Waals surface area contributed by atoms with Crippen molar-refractivity contribution in [1.29, 1.82) is 0 Å². The van der Waals surface area contributed by atoms with Gasteiger partial charge in [0.1, 0.15) is 6.10 Å². The van der Waals surface area contributed by atoms with Gasteiger partial charge in [-0.1, -0.05) is 74.7 Å². The highest BCUT2D eigenvalue weighted by Crippen LogP contribution is 2.74. The maximum absolute atomic E-state index is 11.8. The van der Waals surface area contributed by atoms with Crippen LogP contribution in [0.4, 0.5) is 0 Å². The Balaban J connectivity index is 1.54. The number of esters is 1. The van der Waals surface area contributed by atoms with Gasteiger partial charge in [0.15, 0.2) is 0 Å². The Hall–Kier alpha value is -0.530. The van der Waals surface area contributed by atoms with Crippen LogP contribution in [0.3, 0.4) is 0 Å². The van der Waals surface area contributed by atoms with E-state index in [1.165, 1.54) is 64.2 Å². The molecule has 0 aromatic carbocycles. The van der Waals surface area contributed by atoms with Gasteiger partial charge in [-0.15, -0.1) is 0 Å². The number of ether oxygens (including phenoxy) is 1. The molecule has 4 rings (SSSR count). The zero-order valence-corrected chi connectivity index (χ0v) is 24.1. The Morgan fingerprint density at radius 1 is 0.824 bits per heavy atom. The molecule has 196 valence electrons. The maximum atomic E-state index is 11.8. The van der Waals surface area contributed by atoms with E-state index in [0.717, 1.165) is 36.0 Å². The van der Waals surface area contributed by atoms with Gasteiger partial charge in [0, 0.05) is 12.3 Å². The molecule has 0 aromatic rings. The molecule has 4 saturated carbocycles. The number of hydrogen-bond acceptors (Lipinski definition) is 2. The Morgan fingerprint density at radius 3 is 2.15 bits per heavy atom. The summed E-state index contributed by atoms with van der Waals surface area (Å²) in [6.07, 6.45) is 15.1. The number of carbonyl (C=O) groups is 1. The third-order valence-corrected chi connectivity index (χ3v) is 12.9.